The minimum atomic E-state index is -0.182. The average molecular weight is 293 g/mol. The van der Waals surface area contributed by atoms with Crippen molar-refractivity contribution >= 4 is 11.8 Å². The molecule has 5 heteroatoms. The van der Waals surface area contributed by atoms with Crippen molar-refractivity contribution in [3.63, 3.8) is 0 Å². The third kappa shape index (κ3) is 4.65. The van der Waals surface area contributed by atoms with E-state index in [2.05, 4.69) is 36.1 Å². The molecule has 2 N–H and O–H groups in total. The number of aromatic nitrogens is 2. The number of rotatable bonds is 5. The number of nitrogens with one attached hydrogen (secondary N) is 2. The molecular formula is C15H20FN3S. The molecule has 1 aromatic carbocycles. The average Bonchev–Trinajstić information content (AvgIpc) is 2.83. The van der Waals surface area contributed by atoms with Gasteiger partial charge < -0.3 is 10.3 Å². The Balaban J connectivity index is 1.89. The highest BCUT2D eigenvalue weighted by molar-refractivity contribution is 7.98. The van der Waals surface area contributed by atoms with E-state index in [1.807, 2.05) is 12.3 Å². The van der Waals surface area contributed by atoms with E-state index in [1.54, 1.807) is 12.1 Å². The van der Waals surface area contributed by atoms with E-state index in [9.17, 15) is 4.39 Å². The molecule has 0 atom stereocenters. The Hall–Kier alpha value is -1.33. The molecule has 108 valence electrons. The molecular weight excluding hydrogens is 273 g/mol. The number of benzene rings is 1. The molecule has 3 nitrogen and oxygen atoms in total. The Morgan fingerprint density at radius 1 is 1.30 bits per heavy atom. The first-order valence-electron chi connectivity index (χ1n) is 6.59. The van der Waals surface area contributed by atoms with Crippen molar-refractivity contribution in [2.75, 3.05) is 0 Å². The minimum absolute atomic E-state index is 0.0766. The Labute approximate surface area is 123 Å². The Morgan fingerprint density at radius 2 is 2.05 bits per heavy atom. The Kier molecular flexibility index (Phi) is 4.83. The summed E-state index contributed by atoms with van der Waals surface area (Å²) in [6.45, 7) is 7.12. The lowest BCUT2D eigenvalue weighted by Crippen LogP contribution is -2.35. The van der Waals surface area contributed by atoms with Crippen molar-refractivity contribution in [1.29, 1.82) is 0 Å². The molecule has 2 aromatic rings. The number of hydrogen-bond donors (Lipinski definition) is 2. The van der Waals surface area contributed by atoms with Gasteiger partial charge in [0.1, 0.15) is 11.6 Å². The molecule has 0 saturated heterocycles. The fourth-order valence-electron chi connectivity index (χ4n) is 1.64. The molecule has 0 radical (unpaired) electrons. The van der Waals surface area contributed by atoms with Crippen molar-refractivity contribution in [2.45, 2.75) is 43.5 Å². The minimum Gasteiger partial charge on any atom is -0.344 e. The molecule has 20 heavy (non-hydrogen) atoms. The topological polar surface area (TPSA) is 40.7 Å². The lowest BCUT2D eigenvalue weighted by Gasteiger charge is -2.19. The highest BCUT2D eigenvalue weighted by Crippen LogP contribution is 2.24. The Morgan fingerprint density at radius 3 is 2.75 bits per heavy atom. The van der Waals surface area contributed by atoms with Gasteiger partial charge in [-0.15, -0.1) is 11.8 Å². The number of nitrogens with zero attached hydrogens (tertiary/aromatic N) is 1. The van der Waals surface area contributed by atoms with Gasteiger partial charge in [-0.2, -0.15) is 0 Å². The number of imidazole rings is 1. The molecule has 2 rings (SSSR count). The van der Waals surface area contributed by atoms with Crippen LogP contribution in [0.3, 0.4) is 0 Å². The maximum atomic E-state index is 13.5. The first-order chi connectivity index (χ1) is 9.44. The summed E-state index contributed by atoms with van der Waals surface area (Å²) in [5, 5.41) is 3.40. The number of H-pyrrole nitrogens is 1. The number of halogens is 1. The van der Waals surface area contributed by atoms with Gasteiger partial charge in [-0.25, -0.2) is 9.37 Å². The molecule has 0 unspecified atom stereocenters. The van der Waals surface area contributed by atoms with E-state index >= 15 is 0 Å². The summed E-state index contributed by atoms with van der Waals surface area (Å²) in [5.41, 5.74) is 1.12. The van der Waals surface area contributed by atoms with Crippen molar-refractivity contribution in [3.8, 4) is 0 Å². The van der Waals surface area contributed by atoms with Gasteiger partial charge in [0.2, 0.25) is 0 Å². The maximum Gasteiger partial charge on any atom is 0.136 e. The molecule has 1 aromatic heterocycles. The number of thioether (sulfide) groups is 1. The third-order valence-corrected chi connectivity index (χ3v) is 3.75. The quantitative estimate of drug-likeness (QED) is 0.825. The van der Waals surface area contributed by atoms with Gasteiger partial charge >= 0.3 is 0 Å². The van der Waals surface area contributed by atoms with Crippen molar-refractivity contribution in [1.82, 2.24) is 15.3 Å². The van der Waals surface area contributed by atoms with Gasteiger partial charge in [-0.3, -0.25) is 0 Å². The van der Waals surface area contributed by atoms with Gasteiger partial charge in [0.25, 0.3) is 0 Å². The van der Waals surface area contributed by atoms with E-state index in [0.29, 0.717) is 10.6 Å². The monoisotopic (exact) mass is 293 g/mol. The number of aromatic amines is 1. The van der Waals surface area contributed by atoms with Gasteiger partial charge in [0.15, 0.2) is 0 Å². The van der Waals surface area contributed by atoms with Crippen LogP contribution in [0.15, 0.2) is 35.4 Å². The van der Waals surface area contributed by atoms with Crippen molar-refractivity contribution < 1.29 is 4.39 Å². The Bertz CT molecular complexity index is 560. The lowest BCUT2D eigenvalue weighted by molar-refractivity contribution is 0.421. The van der Waals surface area contributed by atoms with Crippen molar-refractivity contribution in [3.05, 3.63) is 47.8 Å². The van der Waals surface area contributed by atoms with E-state index in [-0.39, 0.29) is 11.4 Å². The summed E-state index contributed by atoms with van der Waals surface area (Å²) in [6.07, 6.45) is 1.83. The van der Waals surface area contributed by atoms with Gasteiger partial charge in [0, 0.05) is 28.9 Å². The predicted molar refractivity (Wildman–Crippen MR) is 81.1 cm³/mol. The van der Waals surface area contributed by atoms with Crippen LogP contribution in [0.4, 0.5) is 4.39 Å². The molecule has 0 saturated carbocycles. The predicted octanol–water partition coefficient (Wildman–Crippen LogP) is 3.73. The summed E-state index contributed by atoms with van der Waals surface area (Å²) in [4.78, 5) is 8.23. The standard InChI is InChI=1S/C15H20FN3S/c1-15(2,3)18-9-11-8-17-14(19-11)10-20-13-7-5-4-6-12(13)16/h4-8,18H,9-10H2,1-3H3,(H,17,19). The van der Waals surface area contributed by atoms with Crippen LogP contribution < -0.4 is 5.32 Å². The van der Waals surface area contributed by atoms with E-state index < -0.39 is 0 Å². The largest absolute Gasteiger partial charge is 0.344 e. The SMILES string of the molecule is CC(C)(C)NCc1cnc(CSc2ccccc2F)[nH]1. The molecule has 0 spiro atoms. The van der Waals surface area contributed by atoms with E-state index in [4.69, 9.17) is 0 Å². The second-order valence-electron chi connectivity index (χ2n) is 5.68. The van der Waals surface area contributed by atoms with Crippen LogP contribution in [0.2, 0.25) is 0 Å². The van der Waals surface area contributed by atoms with Crippen LogP contribution in [-0.4, -0.2) is 15.5 Å². The fraction of sp³-hybridized carbons (Fsp3) is 0.400. The van der Waals surface area contributed by atoms with E-state index in [0.717, 1.165) is 18.1 Å². The van der Waals surface area contributed by atoms with Crippen LogP contribution in [0, 0.1) is 5.82 Å². The van der Waals surface area contributed by atoms with Crippen LogP contribution in [-0.2, 0) is 12.3 Å². The van der Waals surface area contributed by atoms with Gasteiger partial charge in [-0.05, 0) is 32.9 Å². The summed E-state index contributed by atoms with van der Waals surface area (Å²) < 4.78 is 13.5. The first-order valence-corrected chi connectivity index (χ1v) is 7.58. The zero-order valence-corrected chi connectivity index (χ0v) is 12.9. The second kappa shape index (κ2) is 6.41. The lowest BCUT2D eigenvalue weighted by atomic mass is 10.1. The highest BCUT2D eigenvalue weighted by atomic mass is 32.2. The molecule has 0 fully saturated rings. The summed E-state index contributed by atoms with van der Waals surface area (Å²) in [7, 11) is 0. The summed E-state index contributed by atoms with van der Waals surface area (Å²) in [5.74, 6) is 1.32. The fourth-order valence-corrected chi connectivity index (χ4v) is 2.46. The normalized spacial score (nSPS) is 11.8. The third-order valence-electron chi connectivity index (χ3n) is 2.69. The zero-order chi connectivity index (χ0) is 14.6. The molecule has 0 bridgehead atoms. The molecule has 1 heterocycles. The van der Waals surface area contributed by atoms with Crippen LogP contribution in [0.25, 0.3) is 0 Å². The highest BCUT2D eigenvalue weighted by Gasteiger charge is 2.10. The molecule has 0 amide bonds. The molecule has 0 aliphatic heterocycles. The summed E-state index contributed by atoms with van der Waals surface area (Å²) in [6, 6.07) is 6.79. The first kappa shape index (κ1) is 15.1. The number of hydrogen-bond acceptors (Lipinski definition) is 3. The molecule has 0 aliphatic rings. The van der Waals surface area contributed by atoms with Gasteiger partial charge in [0.05, 0.1) is 5.75 Å². The maximum absolute atomic E-state index is 13.5. The van der Waals surface area contributed by atoms with Crippen molar-refractivity contribution in [2.24, 2.45) is 0 Å². The summed E-state index contributed by atoms with van der Waals surface area (Å²) >= 11 is 1.45. The second-order valence-corrected chi connectivity index (χ2v) is 6.69. The van der Waals surface area contributed by atoms with Crippen LogP contribution in [0.1, 0.15) is 32.3 Å². The smallest absolute Gasteiger partial charge is 0.136 e. The van der Waals surface area contributed by atoms with Crippen LogP contribution in [0.5, 0.6) is 0 Å². The molecule has 0 aliphatic carbocycles. The zero-order valence-electron chi connectivity index (χ0n) is 12.0. The van der Waals surface area contributed by atoms with E-state index in [1.165, 1.54) is 17.8 Å². The van der Waals surface area contributed by atoms with Gasteiger partial charge in [-0.1, -0.05) is 12.1 Å². The van der Waals surface area contributed by atoms with Crippen LogP contribution >= 0.6 is 11.8 Å².